The normalized spacial score (nSPS) is 15.1. The van der Waals surface area contributed by atoms with Crippen LogP contribution in [0.1, 0.15) is 24.0 Å². The second-order valence-electron chi connectivity index (χ2n) is 4.23. The molecule has 1 fully saturated rings. The largest absolute Gasteiger partial charge is 0.496 e. The lowest BCUT2D eigenvalue weighted by molar-refractivity contribution is -0.119. The fraction of sp³-hybridized carbons (Fsp3) is 0.462. The molecule has 2 rings (SSSR count). The van der Waals surface area contributed by atoms with Crippen molar-refractivity contribution in [3.63, 3.8) is 0 Å². The fourth-order valence-electron chi connectivity index (χ4n) is 1.78. The molecule has 1 aliphatic carbocycles. The Bertz CT molecular complexity index is 378. The van der Waals surface area contributed by atoms with Crippen LogP contribution in [0, 0.1) is 12.8 Å². The molecule has 1 aromatic rings. The van der Waals surface area contributed by atoms with Crippen LogP contribution in [-0.2, 0) is 11.2 Å². The Morgan fingerprint density at radius 2 is 2.20 bits per heavy atom. The van der Waals surface area contributed by atoms with E-state index in [1.165, 1.54) is 5.56 Å². The van der Waals surface area contributed by atoms with E-state index >= 15 is 0 Å². The van der Waals surface area contributed by atoms with Gasteiger partial charge in [0.05, 0.1) is 7.11 Å². The molecule has 0 N–H and O–H groups in total. The fourth-order valence-corrected chi connectivity index (χ4v) is 1.78. The van der Waals surface area contributed by atoms with E-state index in [1.807, 2.05) is 25.1 Å². The Hall–Kier alpha value is -1.31. The van der Waals surface area contributed by atoms with E-state index in [0.717, 1.165) is 24.2 Å². The molecule has 2 nitrogen and oxygen atoms in total. The number of hydrogen-bond acceptors (Lipinski definition) is 2. The average molecular weight is 204 g/mol. The SMILES string of the molecule is COc1ccc(C)cc1CC(=O)C1CC1. The molecule has 0 amide bonds. The highest BCUT2D eigenvalue weighted by Gasteiger charge is 2.29. The van der Waals surface area contributed by atoms with Gasteiger partial charge in [-0.3, -0.25) is 4.79 Å². The van der Waals surface area contributed by atoms with Gasteiger partial charge in [-0.15, -0.1) is 0 Å². The van der Waals surface area contributed by atoms with Gasteiger partial charge in [0.2, 0.25) is 0 Å². The summed E-state index contributed by atoms with van der Waals surface area (Å²) in [4.78, 5) is 11.7. The zero-order valence-corrected chi connectivity index (χ0v) is 9.25. The first-order valence-corrected chi connectivity index (χ1v) is 5.37. The van der Waals surface area contributed by atoms with Gasteiger partial charge in [-0.25, -0.2) is 0 Å². The maximum Gasteiger partial charge on any atom is 0.140 e. The van der Waals surface area contributed by atoms with Crippen LogP contribution in [0.25, 0.3) is 0 Å². The number of carbonyl (C=O) groups excluding carboxylic acids is 1. The number of rotatable bonds is 4. The zero-order chi connectivity index (χ0) is 10.8. The second kappa shape index (κ2) is 4.05. The average Bonchev–Trinajstić information content (AvgIpc) is 3.01. The molecule has 0 heterocycles. The molecule has 1 aromatic carbocycles. The van der Waals surface area contributed by atoms with Crippen LogP contribution < -0.4 is 4.74 Å². The number of benzene rings is 1. The molecule has 15 heavy (non-hydrogen) atoms. The van der Waals surface area contributed by atoms with E-state index in [1.54, 1.807) is 7.11 Å². The van der Waals surface area contributed by atoms with E-state index in [9.17, 15) is 4.79 Å². The van der Waals surface area contributed by atoms with E-state index in [2.05, 4.69) is 0 Å². The highest BCUT2D eigenvalue weighted by molar-refractivity contribution is 5.85. The van der Waals surface area contributed by atoms with E-state index in [0.29, 0.717) is 18.1 Å². The molecule has 0 unspecified atom stereocenters. The smallest absolute Gasteiger partial charge is 0.140 e. The number of methoxy groups -OCH3 is 1. The number of carbonyl (C=O) groups is 1. The van der Waals surface area contributed by atoms with Gasteiger partial charge >= 0.3 is 0 Å². The summed E-state index contributed by atoms with van der Waals surface area (Å²) in [5, 5.41) is 0. The van der Waals surface area contributed by atoms with Gasteiger partial charge in [-0.05, 0) is 25.8 Å². The summed E-state index contributed by atoms with van der Waals surface area (Å²) < 4.78 is 5.25. The first-order chi connectivity index (χ1) is 7.20. The van der Waals surface area contributed by atoms with Gasteiger partial charge in [-0.2, -0.15) is 0 Å². The summed E-state index contributed by atoms with van der Waals surface area (Å²) in [6, 6.07) is 5.98. The van der Waals surface area contributed by atoms with Gasteiger partial charge in [0.25, 0.3) is 0 Å². The monoisotopic (exact) mass is 204 g/mol. The molecule has 1 aliphatic rings. The van der Waals surface area contributed by atoms with Crippen molar-refractivity contribution in [2.45, 2.75) is 26.2 Å². The highest BCUT2D eigenvalue weighted by Crippen LogP contribution is 2.32. The van der Waals surface area contributed by atoms with Crippen molar-refractivity contribution in [2.24, 2.45) is 5.92 Å². The lowest BCUT2D eigenvalue weighted by atomic mass is 10.0. The molecular formula is C13H16O2. The predicted octanol–water partition coefficient (Wildman–Crippen LogP) is 2.53. The number of ether oxygens (including phenoxy) is 1. The zero-order valence-electron chi connectivity index (χ0n) is 9.25. The van der Waals surface area contributed by atoms with Gasteiger partial charge in [-0.1, -0.05) is 17.7 Å². The Morgan fingerprint density at radius 3 is 2.80 bits per heavy atom. The summed E-state index contributed by atoms with van der Waals surface area (Å²) in [5.74, 6) is 1.52. The molecule has 80 valence electrons. The maximum absolute atomic E-state index is 11.7. The van der Waals surface area contributed by atoms with Crippen LogP contribution in [0.5, 0.6) is 5.75 Å². The summed E-state index contributed by atoms with van der Waals surface area (Å²) in [6.07, 6.45) is 2.68. The van der Waals surface area contributed by atoms with Gasteiger partial charge < -0.3 is 4.74 Å². The molecule has 2 heteroatoms. The molecule has 0 saturated heterocycles. The predicted molar refractivity (Wildman–Crippen MR) is 59.2 cm³/mol. The molecule has 1 saturated carbocycles. The first kappa shape index (κ1) is 10.2. The number of aryl methyl sites for hydroxylation is 1. The Labute approximate surface area is 90.3 Å². The van der Waals surface area contributed by atoms with Crippen molar-refractivity contribution in [2.75, 3.05) is 7.11 Å². The van der Waals surface area contributed by atoms with Gasteiger partial charge in [0, 0.05) is 17.9 Å². The molecule has 0 spiro atoms. The van der Waals surface area contributed by atoms with Crippen molar-refractivity contribution < 1.29 is 9.53 Å². The molecular weight excluding hydrogens is 188 g/mol. The van der Waals surface area contributed by atoms with Crippen LogP contribution in [0.2, 0.25) is 0 Å². The Morgan fingerprint density at radius 1 is 1.47 bits per heavy atom. The van der Waals surface area contributed by atoms with Gasteiger partial charge in [0.1, 0.15) is 11.5 Å². The third-order valence-electron chi connectivity index (χ3n) is 2.83. The molecule has 0 bridgehead atoms. The standard InChI is InChI=1S/C13H16O2/c1-9-3-6-13(15-2)11(7-9)8-12(14)10-4-5-10/h3,6-7,10H,4-5,8H2,1-2H3. The number of ketones is 1. The maximum atomic E-state index is 11.7. The van der Waals surface area contributed by atoms with Crippen LogP contribution >= 0.6 is 0 Å². The lowest BCUT2D eigenvalue weighted by Crippen LogP contribution is -2.06. The van der Waals surface area contributed by atoms with Crippen LogP contribution in [0.15, 0.2) is 18.2 Å². The second-order valence-corrected chi connectivity index (χ2v) is 4.23. The minimum atomic E-state index is 0.329. The van der Waals surface area contributed by atoms with Crippen LogP contribution in [0.3, 0.4) is 0 Å². The van der Waals surface area contributed by atoms with Crippen molar-refractivity contribution in [1.29, 1.82) is 0 Å². The lowest BCUT2D eigenvalue weighted by Gasteiger charge is -2.08. The third-order valence-corrected chi connectivity index (χ3v) is 2.83. The third kappa shape index (κ3) is 2.38. The summed E-state index contributed by atoms with van der Waals surface area (Å²) >= 11 is 0. The Balaban J connectivity index is 2.17. The van der Waals surface area contributed by atoms with E-state index in [-0.39, 0.29) is 0 Å². The molecule has 0 atom stereocenters. The highest BCUT2D eigenvalue weighted by atomic mass is 16.5. The first-order valence-electron chi connectivity index (χ1n) is 5.37. The minimum Gasteiger partial charge on any atom is -0.496 e. The number of hydrogen-bond donors (Lipinski definition) is 0. The summed E-state index contributed by atoms with van der Waals surface area (Å²) in [7, 11) is 1.65. The topological polar surface area (TPSA) is 26.3 Å². The van der Waals surface area contributed by atoms with Crippen molar-refractivity contribution in [3.05, 3.63) is 29.3 Å². The Kier molecular flexibility index (Phi) is 2.76. The van der Waals surface area contributed by atoms with E-state index in [4.69, 9.17) is 4.74 Å². The molecule has 0 radical (unpaired) electrons. The van der Waals surface area contributed by atoms with Crippen LogP contribution in [0.4, 0.5) is 0 Å². The quantitative estimate of drug-likeness (QED) is 0.753. The van der Waals surface area contributed by atoms with Gasteiger partial charge in [0.15, 0.2) is 0 Å². The number of Topliss-reactive ketones (excluding diaryl/α,β-unsaturated/α-hetero) is 1. The van der Waals surface area contributed by atoms with Crippen molar-refractivity contribution in [1.82, 2.24) is 0 Å². The van der Waals surface area contributed by atoms with E-state index < -0.39 is 0 Å². The minimum absolute atomic E-state index is 0.329. The van der Waals surface area contributed by atoms with Crippen molar-refractivity contribution >= 4 is 5.78 Å². The van der Waals surface area contributed by atoms with Crippen LogP contribution in [-0.4, -0.2) is 12.9 Å². The molecule has 0 aromatic heterocycles. The van der Waals surface area contributed by atoms with Crippen molar-refractivity contribution in [3.8, 4) is 5.75 Å². The summed E-state index contributed by atoms with van der Waals surface area (Å²) in [5.41, 5.74) is 2.20. The molecule has 0 aliphatic heterocycles. The summed E-state index contributed by atoms with van der Waals surface area (Å²) in [6.45, 7) is 2.03.